The van der Waals surface area contributed by atoms with Crippen LogP contribution >= 0.6 is 11.8 Å². The minimum atomic E-state index is -0.479. The van der Waals surface area contributed by atoms with E-state index in [1.54, 1.807) is 11.8 Å². The van der Waals surface area contributed by atoms with Gasteiger partial charge in [-0.3, -0.25) is 14.4 Å². The molecule has 2 amide bonds. The Labute approximate surface area is 159 Å². The molecule has 0 bridgehead atoms. The summed E-state index contributed by atoms with van der Waals surface area (Å²) in [5.41, 5.74) is 4.26. The first-order valence-corrected chi connectivity index (χ1v) is 10.6. The number of rotatable bonds is 5. The molecule has 26 heavy (non-hydrogen) atoms. The molecule has 6 heteroatoms. The Balaban J connectivity index is 1.84. The van der Waals surface area contributed by atoms with Crippen LogP contribution < -0.4 is 5.48 Å². The van der Waals surface area contributed by atoms with Crippen LogP contribution in [0.1, 0.15) is 54.9 Å². The standard InChI is InChI=1S/C20H28N2O3S/c1-3-25-21-18(23)17-13-26-20(16-7-5-4-6-8-16)22(17)19(24)15-11-9-14(2)10-12-15/h9-12,16-17,20H,3-8,13H2,1-2H3,(H,21,23)/t17-,20+/m1/s1. The average molecular weight is 377 g/mol. The number of nitrogens with one attached hydrogen (secondary N) is 1. The van der Waals surface area contributed by atoms with E-state index in [9.17, 15) is 9.59 Å². The second-order valence-electron chi connectivity index (χ2n) is 7.12. The van der Waals surface area contributed by atoms with Crippen LogP contribution in [0.3, 0.4) is 0 Å². The van der Waals surface area contributed by atoms with E-state index in [-0.39, 0.29) is 17.2 Å². The number of benzene rings is 1. The van der Waals surface area contributed by atoms with E-state index in [1.165, 1.54) is 19.3 Å². The van der Waals surface area contributed by atoms with Gasteiger partial charge in [0.1, 0.15) is 6.04 Å². The lowest BCUT2D eigenvalue weighted by Gasteiger charge is -2.35. The van der Waals surface area contributed by atoms with E-state index >= 15 is 0 Å². The van der Waals surface area contributed by atoms with Crippen LogP contribution in [0.4, 0.5) is 0 Å². The number of hydrogen-bond acceptors (Lipinski definition) is 4. The summed E-state index contributed by atoms with van der Waals surface area (Å²) in [5.74, 6) is 0.811. The fraction of sp³-hybridized carbons (Fsp3) is 0.600. The van der Waals surface area contributed by atoms with Crippen molar-refractivity contribution in [3.05, 3.63) is 35.4 Å². The quantitative estimate of drug-likeness (QED) is 0.799. The molecule has 2 aliphatic rings. The number of nitrogens with zero attached hydrogens (tertiary/aromatic N) is 1. The number of thioether (sulfide) groups is 1. The molecule has 5 nitrogen and oxygen atoms in total. The summed E-state index contributed by atoms with van der Waals surface area (Å²) in [6.07, 6.45) is 5.96. The van der Waals surface area contributed by atoms with Crippen molar-refractivity contribution in [1.29, 1.82) is 0 Å². The van der Waals surface area contributed by atoms with E-state index in [0.717, 1.165) is 18.4 Å². The van der Waals surface area contributed by atoms with E-state index in [0.29, 0.717) is 23.8 Å². The van der Waals surface area contributed by atoms with Gasteiger partial charge in [-0.1, -0.05) is 37.0 Å². The summed E-state index contributed by atoms with van der Waals surface area (Å²) in [6.45, 7) is 4.23. The van der Waals surface area contributed by atoms with Crippen molar-refractivity contribution in [3.8, 4) is 0 Å². The minimum Gasteiger partial charge on any atom is -0.313 e. The first-order chi connectivity index (χ1) is 12.6. The number of aryl methyl sites for hydroxylation is 1. The SMILES string of the molecule is CCONC(=O)[C@H]1CS[C@@H](C2CCCCC2)N1C(=O)c1ccc(C)cc1. The third kappa shape index (κ3) is 4.23. The number of hydroxylamine groups is 1. The highest BCUT2D eigenvalue weighted by molar-refractivity contribution is 8.00. The van der Waals surface area contributed by atoms with Gasteiger partial charge in [-0.2, -0.15) is 0 Å². The molecule has 0 spiro atoms. The summed E-state index contributed by atoms with van der Waals surface area (Å²) in [6, 6.07) is 7.13. The molecule has 3 rings (SSSR count). The lowest BCUT2D eigenvalue weighted by atomic mass is 9.88. The van der Waals surface area contributed by atoms with Crippen molar-refractivity contribution in [1.82, 2.24) is 10.4 Å². The molecule has 0 aromatic heterocycles. The Morgan fingerprint density at radius 1 is 1.19 bits per heavy atom. The summed E-state index contributed by atoms with van der Waals surface area (Å²) in [7, 11) is 0. The van der Waals surface area contributed by atoms with Gasteiger partial charge in [0.25, 0.3) is 11.8 Å². The van der Waals surface area contributed by atoms with E-state index < -0.39 is 6.04 Å². The second-order valence-corrected chi connectivity index (χ2v) is 8.27. The Hall–Kier alpha value is -1.53. The molecule has 1 saturated carbocycles. The van der Waals surface area contributed by atoms with Gasteiger partial charge in [0.2, 0.25) is 0 Å². The van der Waals surface area contributed by atoms with Crippen molar-refractivity contribution in [3.63, 3.8) is 0 Å². The molecule has 0 radical (unpaired) electrons. The van der Waals surface area contributed by atoms with Crippen LogP contribution in [0, 0.1) is 12.8 Å². The van der Waals surface area contributed by atoms with Crippen molar-refractivity contribution in [2.24, 2.45) is 5.92 Å². The molecular formula is C20H28N2O3S. The van der Waals surface area contributed by atoms with Gasteiger partial charge in [0.15, 0.2) is 0 Å². The molecule has 2 atom stereocenters. The van der Waals surface area contributed by atoms with Crippen LogP contribution in [0.15, 0.2) is 24.3 Å². The molecule has 1 N–H and O–H groups in total. The number of carbonyl (C=O) groups excluding carboxylic acids is 2. The number of amides is 2. The third-order valence-corrected chi connectivity index (χ3v) is 6.70. The predicted octanol–water partition coefficient (Wildman–Crippen LogP) is 3.53. The Morgan fingerprint density at radius 3 is 2.54 bits per heavy atom. The normalized spacial score (nSPS) is 23.8. The van der Waals surface area contributed by atoms with Gasteiger partial charge in [-0.15, -0.1) is 11.8 Å². The van der Waals surface area contributed by atoms with Gasteiger partial charge >= 0.3 is 0 Å². The topological polar surface area (TPSA) is 58.6 Å². The largest absolute Gasteiger partial charge is 0.313 e. The van der Waals surface area contributed by atoms with E-state index in [1.807, 2.05) is 43.0 Å². The lowest BCUT2D eigenvalue weighted by molar-refractivity contribution is -0.137. The molecule has 0 unspecified atom stereocenters. The zero-order valence-corrected chi connectivity index (χ0v) is 16.4. The van der Waals surface area contributed by atoms with Crippen LogP contribution in [0.2, 0.25) is 0 Å². The lowest BCUT2D eigenvalue weighted by Crippen LogP contribution is -2.51. The fourth-order valence-electron chi connectivity index (χ4n) is 3.83. The molecule has 1 aromatic carbocycles. The maximum absolute atomic E-state index is 13.3. The first kappa shape index (κ1) is 19.2. The van der Waals surface area contributed by atoms with Crippen molar-refractivity contribution >= 4 is 23.6 Å². The Morgan fingerprint density at radius 2 is 1.88 bits per heavy atom. The third-order valence-electron chi connectivity index (χ3n) is 5.24. The molecule has 1 aromatic rings. The molecule has 1 saturated heterocycles. The van der Waals surface area contributed by atoms with Crippen LogP contribution in [-0.2, 0) is 9.63 Å². The first-order valence-electron chi connectivity index (χ1n) is 9.54. The summed E-state index contributed by atoms with van der Waals surface area (Å²) in [5, 5.41) is 0.0708. The highest BCUT2D eigenvalue weighted by Crippen LogP contribution is 2.41. The zero-order chi connectivity index (χ0) is 18.5. The highest BCUT2D eigenvalue weighted by atomic mass is 32.2. The number of carbonyl (C=O) groups is 2. The van der Waals surface area contributed by atoms with Gasteiger partial charge < -0.3 is 4.90 Å². The Bertz CT molecular complexity index is 628. The smallest absolute Gasteiger partial charge is 0.267 e. The average Bonchev–Trinajstić information content (AvgIpc) is 3.12. The predicted molar refractivity (Wildman–Crippen MR) is 104 cm³/mol. The van der Waals surface area contributed by atoms with Gasteiger partial charge in [-0.05, 0) is 44.7 Å². The van der Waals surface area contributed by atoms with Crippen molar-refractivity contribution in [2.45, 2.75) is 57.4 Å². The second kappa shape index (κ2) is 8.91. The molecule has 142 valence electrons. The van der Waals surface area contributed by atoms with Crippen molar-refractivity contribution < 1.29 is 14.4 Å². The molecule has 1 heterocycles. The summed E-state index contributed by atoms with van der Waals surface area (Å²) >= 11 is 1.74. The maximum atomic E-state index is 13.3. The van der Waals surface area contributed by atoms with Crippen LogP contribution in [0.5, 0.6) is 0 Å². The van der Waals surface area contributed by atoms with Crippen LogP contribution in [0.25, 0.3) is 0 Å². The van der Waals surface area contributed by atoms with Gasteiger partial charge in [-0.25, -0.2) is 5.48 Å². The minimum absolute atomic E-state index is 0.0535. The molecular weight excluding hydrogens is 348 g/mol. The number of hydrogen-bond donors (Lipinski definition) is 1. The molecule has 1 aliphatic heterocycles. The summed E-state index contributed by atoms with van der Waals surface area (Å²) in [4.78, 5) is 32.8. The fourth-order valence-corrected chi connectivity index (χ4v) is 5.46. The zero-order valence-electron chi connectivity index (χ0n) is 15.6. The van der Waals surface area contributed by atoms with Gasteiger partial charge in [0, 0.05) is 11.3 Å². The molecule has 2 fully saturated rings. The van der Waals surface area contributed by atoms with Gasteiger partial charge in [0.05, 0.1) is 12.0 Å². The van der Waals surface area contributed by atoms with Crippen molar-refractivity contribution in [2.75, 3.05) is 12.4 Å². The Kier molecular flexibility index (Phi) is 6.59. The van der Waals surface area contributed by atoms with E-state index in [4.69, 9.17) is 4.84 Å². The highest BCUT2D eigenvalue weighted by Gasteiger charge is 2.45. The maximum Gasteiger partial charge on any atom is 0.267 e. The monoisotopic (exact) mass is 376 g/mol. The van der Waals surface area contributed by atoms with Crippen LogP contribution in [-0.4, -0.2) is 40.5 Å². The molecule has 1 aliphatic carbocycles. The summed E-state index contributed by atoms with van der Waals surface area (Å²) < 4.78 is 0. The van der Waals surface area contributed by atoms with E-state index in [2.05, 4.69) is 5.48 Å².